The molecule has 1 aliphatic rings. The molecule has 1 unspecified atom stereocenters. The lowest BCUT2D eigenvalue weighted by Gasteiger charge is -2.26. The fraction of sp³-hybridized carbons (Fsp3) is 0.412. The minimum atomic E-state index is 0.125. The summed E-state index contributed by atoms with van der Waals surface area (Å²) < 4.78 is 0. The van der Waals surface area contributed by atoms with Crippen LogP contribution >= 0.6 is 0 Å². The highest BCUT2D eigenvalue weighted by atomic mass is 15.3. The van der Waals surface area contributed by atoms with Gasteiger partial charge in [0.05, 0.1) is 17.3 Å². The molecular formula is C17H20N6. The Morgan fingerprint density at radius 1 is 1.26 bits per heavy atom. The SMILES string of the molecule is Cc1ccnc(N2CCCC2c2ccc(N(C)C)nn2)c1C#N. The van der Waals surface area contributed by atoms with E-state index in [0.29, 0.717) is 5.56 Å². The normalized spacial score (nSPS) is 17.1. The third kappa shape index (κ3) is 2.82. The summed E-state index contributed by atoms with van der Waals surface area (Å²) in [5.41, 5.74) is 2.54. The van der Waals surface area contributed by atoms with Crippen molar-refractivity contribution in [1.29, 1.82) is 5.26 Å². The number of aryl methyl sites for hydroxylation is 1. The van der Waals surface area contributed by atoms with Crippen molar-refractivity contribution >= 4 is 11.6 Å². The number of anilines is 2. The highest BCUT2D eigenvalue weighted by Gasteiger charge is 2.30. The summed E-state index contributed by atoms with van der Waals surface area (Å²) in [7, 11) is 3.89. The lowest BCUT2D eigenvalue weighted by atomic mass is 10.1. The minimum absolute atomic E-state index is 0.125. The Labute approximate surface area is 136 Å². The number of pyridine rings is 1. The van der Waals surface area contributed by atoms with E-state index in [1.165, 1.54) is 0 Å². The molecule has 2 aromatic rings. The summed E-state index contributed by atoms with van der Waals surface area (Å²) in [5, 5.41) is 18.1. The van der Waals surface area contributed by atoms with E-state index < -0.39 is 0 Å². The first kappa shape index (κ1) is 15.2. The van der Waals surface area contributed by atoms with Crippen molar-refractivity contribution in [3.8, 4) is 6.07 Å². The zero-order chi connectivity index (χ0) is 16.4. The van der Waals surface area contributed by atoms with Gasteiger partial charge in [0.1, 0.15) is 11.9 Å². The Kier molecular flexibility index (Phi) is 4.11. The fourth-order valence-electron chi connectivity index (χ4n) is 2.98. The third-order valence-electron chi connectivity index (χ3n) is 4.25. The van der Waals surface area contributed by atoms with Crippen LogP contribution in [0.15, 0.2) is 24.4 Å². The topological polar surface area (TPSA) is 68.9 Å². The standard InChI is InChI=1S/C17H20N6/c1-12-8-9-19-17(13(12)11-18)23-10-4-5-15(23)14-6-7-16(21-20-14)22(2)3/h6-9,15H,4-5,10H2,1-3H3. The molecule has 6 heteroatoms. The average Bonchev–Trinajstić information content (AvgIpc) is 3.04. The van der Waals surface area contributed by atoms with E-state index in [1.54, 1.807) is 6.20 Å². The summed E-state index contributed by atoms with van der Waals surface area (Å²) in [5.74, 6) is 1.60. The molecule has 2 aromatic heterocycles. The third-order valence-corrected chi connectivity index (χ3v) is 4.25. The summed E-state index contributed by atoms with van der Waals surface area (Å²) >= 11 is 0. The van der Waals surface area contributed by atoms with Crippen molar-refractivity contribution in [3.63, 3.8) is 0 Å². The number of hydrogen-bond acceptors (Lipinski definition) is 6. The molecule has 6 nitrogen and oxygen atoms in total. The molecule has 1 fully saturated rings. The first-order valence-electron chi connectivity index (χ1n) is 7.75. The second kappa shape index (κ2) is 6.21. The number of nitrogens with zero attached hydrogens (tertiary/aromatic N) is 6. The van der Waals surface area contributed by atoms with Gasteiger partial charge in [0, 0.05) is 26.8 Å². The minimum Gasteiger partial charge on any atom is -0.361 e. The molecule has 0 bridgehead atoms. The maximum atomic E-state index is 9.46. The molecule has 3 heterocycles. The van der Waals surface area contributed by atoms with E-state index in [4.69, 9.17) is 0 Å². The van der Waals surface area contributed by atoms with Crippen molar-refractivity contribution in [2.45, 2.75) is 25.8 Å². The van der Waals surface area contributed by atoms with Crippen molar-refractivity contribution < 1.29 is 0 Å². The molecule has 0 radical (unpaired) electrons. The quantitative estimate of drug-likeness (QED) is 0.867. The van der Waals surface area contributed by atoms with Crippen LogP contribution in [-0.2, 0) is 0 Å². The van der Waals surface area contributed by atoms with Crippen LogP contribution in [0.25, 0.3) is 0 Å². The van der Waals surface area contributed by atoms with E-state index in [0.717, 1.165) is 42.3 Å². The molecule has 3 rings (SSSR count). The van der Waals surface area contributed by atoms with Gasteiger partial charge in [0.15, 0.2) is 5.82 Å². The Bertz CT molecular complexity index is 732. The summed E-state index contributed by atoms with van der Waals surface area (Å²) in [4.78, 5) is 8.58. The van der Waals surface area contributed by atoms with Crippen molar-refractivity contribution in [2.24, 2.45) is 0 Å². The Hall–Kier alpha value is -2.68. The molecule has 1 atom stereocenters. The smallest absolute Gasteiger partial charge is 0.150 e. The Morgan fingerprint density at radius 3 is 2.74 bits per heavy atom. The molecule has 0 N–H and O–H groups in total. The predicted molar refractivity (Wildman–Crippen MR) is 89.4 cm³/mol. The van der Waals surface area contributed by atoms with E-state index in [9.17, 15) is 5.26 Å². The van der Waals surface area contributed by atoms with E-state index >= 15 is 0 Å². The summed E-state index contributed by atoms with van der Waals surface area (Å²) in [6.07, 6.45) is 3.82. The van der Waals surface area contributed by atoms with E-state index in [2.05, 4.69) is 26.2 Å². The van der Waals surface area contributed by atoms with Gasteiger partial charge in [-0.2, -0.15) is 10.4 Å². The fourth-order valence-corrected chi connectivity index (χ4v) is 2.98. The molecule has 1 saturated heterocycles. The van der Waals surface area contributed by atoms with Gasteiger partial charge in [0.25, 0.3) is 0 Å². The lowest BCUT2D eigenvalue weighted by molar-refractivity contribution is 0.671. The van der Waals surface area contributed by atoms with Gasteiger partial charge < -0.3 is 9.80 Å². The molecule has 0 amide bonds. The molecule has 0 aliphatic carbocycles. The van der Waals surface area contributed by atoms with Gasteiger partial charge in [-0.25, -0.2) is 4.98 Å². The first-order chi connectivity index (χ1) is 11.1. The second-order valence-electron chi connectivity index (χ2n) is 6.00. The average molecular weight is 308 g/mol. The molecule has 0 aromatic carbocycles. The molecule has 0 saturated carbocycles. The zero-order valence-corrected chi connectivity index (χ0v) is 13.7. The van der Waals surface area contributed by atoms with Gasteiger partial charge in [-0.05, 0) is 43.5 Å². The lowest BCUT2D eigenvalue weighted by Crippen LogP contribution is -2.26. The molecule has 1 aliphatic heterocycles. The number of nitriles is 1. The Balaban J connectivity index is 1.95. The van der Waals surface area contributed by atoms with Crippen LogP contribution in [-0.4, -0.2) is 35.8 Å². The highest BCUT2D eigenvalue weighted by molar-refractivity contribution is 5.58. The van der Waals surface area contributed by atoms with Crippen LogP contribution in [0.5, 0.6) is 0 Å². The van der Waals surface area contributed by atoms with Gasteiger partial charge in [-0.15, -0.1) is 5.10 Å². The van der Waals surface area contributed by atoms with Crippen molar-refractivity contribution in [1.82, 2.24) is 15.2 Å². The molecular weight excluding hydrogens is 288 g/mol. The monoisotopic (exact) mass is 308 g/mol. The largest absolute Gasteiger partial charge is 0.361 e. The van der Waals surface area contributed by atoms with Gasteiger partial charge >= 0.3 is 0 Å². The van der Waals surface area contributed by atoms with Gasteiger partial charge in [0.2, 0.25) is 0 Å². The molecule has 23 heavy (non-hydrogen) atoms. The highest BCUT2D eigenvalue weighted by Crippen LogP contribution is 2.36. The van der Waals surface area contributed by atoms with E-state index in [-0.39, 0.29) is 6.04 Å². The van der Waals surface area contributed by atoms with Gasteiger partial charge in [-0.3, -0.25) is 0 Å². The first-order valence-corrected chi connectivity index (χ1v) is 7.75. The molecule has 0 spiro atoms. The number of rotatable bonds is 3. The summed E-state index contributed by atoms with van der Waals surface area (Å²) in [6.45, 7) is 2.83. The van der Waals surface area contributed by atoms with Crippen LogP contribution in [0.1, 0.15) is 35.7 Å². The predicted octanol–water partition coefficient (Wildman–Crippen LogP) is 2.46. The Morgan fingerprint density at radius 2 is 2.09 bits per heavy atom. The number of hydrogen-bond donors (Lipinski definition) is 0. The van der Waals surface area contributed by atoms with Crippen molar-refractivity contribution in [3.05, 3.63) is 41.2 Å². The van der Waals surface area contributed by atoms with Crippen LogP contribution in [0.4, 0.5) is 11.6 Å². The number of aromatic nitrogens is 3. The van der Waals surface area contributed by atoms with Crippen molar-refractivity contribution in [2.75, 3.05) is 30.4 Å². The molecule has 118 valence electrons. The zero-order valence-electron chi connectivity index (χ0n) is 13.7. The second-order valence-corrected chi connectivity index (χ2v) is 6.00. The van der Waals surface area contributed by atoms with Crippen LogP contribution in [0, 0.1) is 18.3 Å². The van der Waals surface area contributed by atoms with Gasteiger partial charge in [-0.1, -0.05) is 0 Å². The van der Waals surface area contributed by atoms with Crippen LogP contribution in [0.3, 0.4) is 0 Å². The van der Waals surface area contributed by atoms with Crippen LogP contribution < -0.4 is 9.80 Å². The van der Waals surface area contributed by atoms with E-state index in [1.807, 2.05) is 44.1 Å². The van der Waals surface area contributed by atoms with Crippen LogP contribution in [0.2, 0.25) is 0 Å². The maximum Gasteiger partial charge on any atom is 0.150 e. The maximum absolute atomic E-state index is 9.46. The summed E-state index contributed by atoms with van der Waals surface area (Å²) in [6, 6.07) is 8.29.